The predicted octanol–water partition coefficient (Wildman–Crippen LogP) is 4.06. The lowest BCUT2D eigenvalue weighted by atomic mass is 10.2. The second-order valence-corrected chi connectivity index (χ2v) is 10.9. The number of nitrogens with zero attached hydrogens (tertiary/aromatic N) is 5. The number of aromatic nitrogens is 3. The quantitative estimate of drug-likeness (QED) is 0.189. The van der Waals surface area contributed by atoms with E-state index >= 15 is 0 Å². The van der Waals surface area contributed by atoms with Gasteiger partial charge in [-0.05, 0) is 50.7 Å². The summed E-state index contributed by atoms with van der Waals surface area (Å²) in [6, 6.07) is 15.3. The minimum Gasteiger partial charge on any atom is -0.482 e. The Balaban J connectivity index is 1.63. The van der Waals surface area contributed by atoms with E-state index in [0.717, 1.165) is 40.9 Å². The van der Waals surface area contributed by atoms with Crippen molar-refractivity contribution >= 4 is 39.6 Å². The van der Waals surface area contributed by atoms with Crippen LogP contribution in [0.2, 0.25) is 0 Å². The largest absolute Gasteiger partial charge is 0.482 e. The SMILES string of the molecule is CCN(CC)CC(=O)N(CCn1c(CCOC)nc2c(N)nc3ccccc3c21)Cc1cccc(OCC(=O)OC(C)C)c1. The van der Waals surface area contributed by atoms with Gasteiger partial charge in [0.25, 0.3) is 0 Å². The van der Waals surface area contributed by atoms with E-state index in [1.807, 2.05) is 47.4 Å². The number of imidazole rings is 1. The zero-order chi connectivity index (χ0) is 31.6. The molecule has 2 N–H and O–H groups in total. The molecular weight excluding hydrogens is 560 g/mol. The molecule has 0 unspecified atom stereocenters. The maximum absolute atomic E-state index is 13.7. The van der Waals surface area contributed by atoms with Gasteiger partial charge in [-0.3, -0.25) is 9.69 Å². The molecule has 0 bridgehead atoms. The lowest BCUT2D eigenvalue weighted by molar-refractivity contribution is -0.149. The van der Waals surface area contributed by atoms with Crippen LogP contribution in [0.1, 0.15) is 39.1 Å². The number of anilines is 1. The molecule has 4 aromatic rings. The van der Waals surface area contributed by atoms with Crippen LogP contribution in [-0.4, -0.2) is 88.8 Å². The lowest BCUT2D eigenvalue weighted by Gasteiger charge is -2.27. The number of rotatable bonds is 16. The maximum atomic E-state index is 13.7. The third-order valence-corrected chi connectivity index (χ3v) is 7.41. The standard InChI is InChI=1S/C33H44N6O5/c1-6-37(7-2)21-29(40)38(20-24-11-10-12-25(19-24)43-22-30(41)44-23(3)4)16-17-39-28(15-18-42-5)36-31-32(39)26-13-8-9-14-27(26)35-33(31)34/h8-14,19,23H,6-7,15-18,20-22H2,1-5H3,(H2,34,35). The number of hydrogen-bond donors (Lipinski definition) is 1. The predicted molar refractivity (Wildman–Crippen MR) is 171 cm³/mol. The highest BCUT2D eigenvalue weighted by atomic mass is 16.6. The first kappa shape index (κ1) is 32.7. The topological polar surface area (TPSA) is 125 Å². The molecule has 236 valence electrons. The normalized spacial score (nSPS) is 11.5. The molecule has 0 spiro atoms. The number of pyridine rings is 1. The highest BCUT2D eigenvalue weighted by molar-refractivity contribution is 6.06. The zero-order valence-corrected chi connectivity index (χ0v) is 26.4. The Morgan fingerprint density at radius 1 is 1.05 bits per heavy atom. The first-order valence-electron chi connectivity index (χ1n) is 15.2. The Labute approximate surface area is 258 Å². The molecule has 4 rings (SSSR count). The average molecular weight is 605 g/mol. The summed E-state index contributed by atoms with van der Waals surface area (Å²) in [4.78, 5) is 39.2. The Kier molecular flexibility index (Phi) is 11.5. The van der Waals surface area contributed by atoms with Crippen molar-refractivity contribution in [3.05, 3.63) is 59.9 Å². The van der Waals surface area contributed by atoms with Crippen LogP contribution >= 0.6 is 0 Å². The van der Waals surface area contributed by atoms with Gasteiger partial charge in [0.05, 0.1) is 30.3 Å². The molecule has 11 nitrogen and oxygen atoms in total. The van der Waals surface area contributed by atoms with Crippen molar-refractivity contribution < 1.29 is 23.8 Å². The highest BCUT2D eigenvalue weighted by Gasteiger charge is 2.21. The summed E-state index contributed by atoms with van der Waals surface area (Å²) in [6.45, 7) is 11.2. The monoisotopic (exact) mass is 604 g/mol. The average Bonchev–Trinajstić information content (AvgIpc) is 3.38. The van der Waals surface area contributed by atoms with Crippen molar-refractivity contribution in [2.24, 2.45) is 0 Å². The molecule has 0 aliphatic rings. The molecule has 0 aliphatic heterocycles. The number of likely N-dealkylation sites (N-methyl/N-ethyl adjacent to an activating group) is 1. The first-order chi connectivity index (χ1) is 21.2. The molecular formula is C33H44N6O5. The zero-order valence-electron chi connectivity index (χ0n) is 26.4. The molecule has 0 radical (unpaired) electrons. The van der Waals surface area contributed by atoms with E-state index in [1.54, 1.807) is 27.0 Å². The number of nitrogen functional groups attached to an aromatic ring is 1. The Morgan fingerprint density at radius 2 is 1.82 bits per heavy atom. The van der Waals surface area contributed by atoms with Gasteiger partial charge in [0.2, 0.25) is 5.91 Å². The molecule has 11 heteroatoms. The molecule has 2 aromatic heterocycles. The van der Waals surface area contributed by atoms with Crippen molar-refractivity contribution in [2.45, 2.75) is 53.3 Å². The second-order valence-electron chi connectivity index (χ2n) is 10.9. The Hall–Kier alpha value is -4.22. The summed E-state index contributed by atoms with van der Waals surface area (Å²) in [6.07, 6.45) is 0.376. The van der Waals surface area contributed by atoms with Gasteiger partial charge < -0.3 is 29.4 Å². The number of benzene rings is 2. The molecule has 44 heavy (non-hydrogen) atoms. The smallest absolute Gasteiger partial charge is 0.344 e. The number of nitrogens with two attached hydrogens (primary N) is 1. The van der Waals surface area contributed by atoms with E-state index in [2.05, 4.69) is 28.3 Å². The van der Waals surface area contributed by atoms with Gasteiger partial charge in [-0.25, -0.2) is 14.8 Å². The fourth-order valence-corrected chi connectivity index (χ4v) is 5.17. The third kappa shape index (κ3) is 8.23. The maximum Gasteiger partial charge on any atom is 0.344 e. The number of amides is 1. The number of methoxy groups -OCH3 is 1. The molecule has 0 saturated carbocycles. The van der Waals surface area contributed by atoms with Crippen molar-refractivity contribution in [2.75, 3.05) is 52.2 Å². The number of carbonyl (C=O) groups excluding carboxylic acids is 2. The van der Waals surface area contributed by atoms with Gasteiger partial charge in [0.1, 0.15) is 17.1 Å². The van der Waals surface area contributed by atoms with E-state index in [-0.39, 0.29) is 18.6 Å². The van der Waals surface area contributed by atoms with Gasteiger partial charge in [0.15, 0.2) is 12.4 Å². The van der Waals surface area contributed by atoms with Crippen LogP contribution in [0.4, 0.5) is 5.82 Å². The van der Waals surface area contributed by atoms with E-state index in [9.17, 15) is 9.59 Å². The van der Waals surface area contributed by atoms with Crippen LogP contribution in [0.3, 0.4) is 0 Å². The van der Waals surface area contributed by atoms with Crippen molar-refractivity contribution in [1.82, 2.24) is 24.3 Å². The summed E-state index contributed by atoms with van der Waals surface area (Å²) >= 11 is 0. The minimum absolute atomic E-state index is 0.0226. The molecule has 1 amide bonds. The fourth-order valence-electron chi connectivity index (χ4n) is 5.17. The number of para-hydroxylation sites is 1. The van der Waals surface area contributed by atoms with Crippen LogP contribution in [0.15, 0.2) is 48.5 Å². The first-order valence-corrected chi connectivity index (χ1v) is 15.2. The van der Waals surface area contributed by atoms with Gasteiger partial charge in [-0.15, -0.1) is 0 Å². The molecule has 2 aromatic carbocycles. The van der Waals surface area contributed by atoms with E-state index in [4.69, 9.17) is 24.9 Å². The summed E-state index contributed by atoms with van der Waals surface area (Å²) < 4.78 is 18.4. The van der Waals surface area contributed by atoms with Crippen molar-refractivity contribution in [3.8, 4) is 5.75 Å². The van der Waals surface area contributed by atoms with Gasteiger partial charge in [0, 0.05) is 38.6 Å². The Bertz CT molecular complexity index is 1570. The van der Waals surface area contributed by atoms with Crippen LogP contribution in [0.5, 0.6) is 5.75 Å². The number of carbonyl (C=O) groups is 2. The van der Waals surface area contributed by atoms with E-state index in [1.165, 1.54) is 0 Å². The summed E-state index contributed by atoms with van der Waals surface area (Å²) in [5, 5.41) is 0.953. The van der Waals surface area contributed by atoms with Crippen LogP contribution in [-0.2, 0) is 38.6 Å². The van der Waals surface area contributed by atoms with Crippen LogP contribution in [0, 0.1) is 0 Å². The number of ether oxygens (including phenoxy) is 3. The minimum atomic E-state index is -0.429. The summed E-state index contributed by atoms with van der Waals surface area (Å²) in [5.74, 6) is 1.33. The summed E-state index contributed by atoms with van der Waals surface area (Å²) in [5.41, 5.74) is 9.61. The van der Waals surface area contributed by atoms with Crippen LogP contribution < -0.4 is 10.5 Å². The number of fused-ring (bicyclic) bond motifs is 3. The second kappa shape index (κ2) is 15.5. The van der Waals surface area contributed by atoms with E-state index < -0.39 is 5.97 Å². The van der Waals surface area contributed by atoms with Gasteiger partial charge in [-0.2, -0.15) is 0 Å². The molecule has 0 saturated heterocycles. The van der Waals surface area contributed by atoms with Gasteiger partial charge >= 0.3 is 5.97 Å². The van der Waals surface area contributed by atoms with Gasteiger partial charge in [-0.1, -0.05) is 44.2 Å². The molecule has 0 fully saturated rings. The lowest BCUT2D eigenvalue weighted by Crippen LogP contribution is -2.41. The van der Waals surface area contributed by atoms with Crippen LogP contribution in [0.25, 0.3) is 21.9 Å². The number of hydrogen-bond acceptors (Lipinski definition) is 9. The molecule has 0 aliphatic carbocycles. The molecule has 0 atom stereocenters. The Morgan fingerprint density at radius 3 is 2.55 bits per heavy atom. The van der Waals surface area contributed by atoms with Crippen molar-refractivity contribution in [3.63, 3.8) is 0 Å². The van der Waals surface area contributed by atoms with E-state index in [0.29, 0.717) is 56.3 Å². The third-order valence-electron chi connectivity index (χ3n) is 7.41. The summed E-state index contributed by atoms with van der Waals surface area (Å²) in [7, 11) is 1.66. The van der Waals surface area contributed by atoms with Crippen molar-refractivity contribution in [1.29, 1.82) is 0 Å². The molecule has 2 heterocycles. The highest BCUT2D eigenvalue weighted by Crippen LogP contribution is 2.29. The number of esters is 1. The fraction of sp³-hybridized carbons (Fsp3) is 0.455.